The Hall–Kier alpha value is -3.20. The number of imidazole rings is 1. The molecule has 3 aromatic heterocycles. The molecule has 1 saturated heterocycles. The Bertz CT molecular complexity index is 1110. The van der Waals surface area contributed by atoms with E-state index in [2.05, 4.69) is 10.1 Å². The first-order valence-electron chi connectivity index (χ1n) is 9.68. The predicted molar refractivity (Wildman–Crippen MR) is 113 cm³/mol. The molecule has 9 heteroatoms. The minimum absolute atomic E-state index is 0.129. The van der Waals surface area contributed by atoms with Crippen LogP contribution in [-0.2, 0) is 23.2 Å². The van der Waals surface area contributed by atoms with Gasteiger partial charge in [0.15, 0.2) is 0 Å². The van der Waals surface area contributed by atoms with Gasteiger partial charge in [-0.05, 0) is 31.7 Å². The zero-order valence-electron chi connectivity index (χ0n) is 17.1. The van der Waals surface area contributed by atoms with Crippen LogP contribution in [-0.4, -0.2) is 47.6 Å². The number of aryl methyl sites for hydroxylation is 3. The van der Waals surface area contributed by atoms with Crippen LogP contribution in [0.25, 0.3) is 5.76 Å². The van der Waals surface area contributed by atoms with Gasteiger partial charge >= 0.3 is 0 Å². The van der Waals surface area contributed by atoms with Gasteiger partial charge in [0.25, 0.3) is 11.7 Å². The first-order valence-corrected chi connectivity index (χ1v) is 10.6. The number of thiophene rings is 1. The molecule has 0 aromatic carbocycles. The molecule has 0 radical (unpaired) electrons. The van der Waals surface area contributed by atoms with E-state index < -0.39 is 17.7 Å². The number of amides is 1. The number of ketones is 1. The van der Waals surface area contributed by atoms with E-state index in [-0.39, 0.29) is 11.3 Å². The third-order valence-corrected chi connectivity index (χ3v) is 6.40. The van der Waals surface area contributed by atoms with Crippen LogP contribution in [0.2, 0.25) is 0 Å². The van der Waals surface area contributed by atoms with Crippen LogP contribution in [0.15, 0.2) is 41.8 Å². The zero-order chi connectivity index (χ0) is 21.4. The summed E-state index contributed by atoms with van der Waals surface area (Å²) >= 11 is 1.46. The third-order valence-electron chi connectivity index (χ3n) is 5.47. The van der Waals surface area contributed by atoms with Gasteiger partial charge in [-0.2, -0.15) is 5.10 Å². The van der Waals surface area contributed by atoms with Crippen molar-refractivity contribution in [1.82, 2.24) is 24.2 Å². The van der Waals surface area contributed by atoms with Gasteiger partial charge in [0.1, 0.15) is 5.76 Å². The maximum absolute atomic E-state index is 13.0. The second-order valence-corrected chi connectivity index (χ2v) is 8.31. The van der Waals surface area contributed by atoms with Crippen molar-refractivity contribution in [2.75, 3.05) is 6.54 Å². The fraction of sp³-hybridized carbons (Fsp3) is 0.333. The Morgan fingerprint density at radius 2 is 2.07 bits per heavy atom. The van der Waals surface area contributed by atoms with E-state index in [1.807, 2.05) is 35.2 Å². The van der Waals surface area contributed by atoms with Crippen molar-refractivity contribution in [3.05, 3.63) is 63.6 Å². The summed E-state index contributed by atoms with van der Waals surface area (Å²) in [6, 6.07) is 3.17. The molecule has 3 aromatic rings. The molecule has 1 amide bonds. The number of likely N-dealkylation sites (tertiary alicyclic amines) is 1. The van der Waals surface area contributed by atoms with E-state index in [1.165, 1.54) is 11.3 Å². The van der Waals surface area contributed by atoms with E-state index in [4.69, 9.17) is 0 Å². The van der Waals surface area contributed by atoms with Crippen molar-refractivity contribution >= 4 is 28.8 Å². The number of Topliss-reactive ketones (excluding diaryl/α,β-unsaturated/α-hetero) is 1. The van der Waals surface area contributed by atoms with Crippen LogP contribution >= 0.6 is 11.3 Å². The highest BCUT2D eigenvalue weighted by molar-refractivity contribution is 7.10. The Morgan fingerprint density at radius 3 is 2.67 bits per heavy atom. The van der Waals surface area contributed by atoms with Gasteiger partial charge in [-0.15, -0.1) is 11.3 Å². The highest BCUT2D eigenvalue weighted by atomic mass is 32.1. The SMILES string of the molecule is Cc1nn(C)c(C)c1/C(O)=C1\C(=O)C(=O)N(CCCn2ccnc2)[C@H]1c1cccs1. The van der Waals surface area contributed by atoms with Crippen LogP contribution in [0, 0.1) is 13.8 Å². The van der Waals surface area contributed by atoms with Gasteiger partial charge in [0.05, 0.1) is 29.2 Å². The fourth-order valence-corrected chi connectivity index (χ4v) is 4.79. The van der Waals surface area contributed by atoms with Gasteiger partial charge in [0, 0.05) is 43.1 Å². The molecule has 1 fully saturated rings. The number of hydrogen-bond acceptors (Lipinski definition) is 6. The van der Waals surface area contributed by atoms with Crippen molar-refractivity contribution in [3.63, 3.8) is 0 Å². The zero-order valence-corrected chi connectivity index (χ0v) is 17.9. The molecule has 0 bridgehead atoms. The van der Waals surface area contributed by atoms with Crippen molar-refractivity contribution in [2.24, 2.45) is 7.05 Å². The number of carbonyl (C=O) groups excluding carboxylic acids is 2. The first kappa shape index (κ1) is 20.1. The lowest BCUT2D eigenvalue weighted by atomic mass is 9.99. The van der Waals surface area contributed by atoms with E-state index in [9.17, 15) is 14.7 Å². The molecule has 4 heterocycles. The number of rotatable bonds is 6. The highest BCUT2D eigenvalue weighted by Gasteiger charge is 2.46. The Labute approximate surface area is 178 Å². The van der Waals surface area contributed by atoms with Crippen molar-refractivity contribution in [1.29, 1.82) is 0 Å². The molecule has 0 aliphatic carbocycles. The van der Waals surface area contributed by atoms with Gasteiger partial charge in [-0.25, -0.2) is 4.98 Å². The number of nitrogens with zero attached hydrogens (tertiary/aromatic N) is 5. The normalized spacial score (nSPS) is 18.5. The number of aliphatic hydroxyl groups excluding tert-OH is 1. The molecule has 156 valence electrons. The summed E-state index contributed by atoms with van der Waals surface area (Å²) in [5.41, 5.74) is 1.99. The summed E-state index contributed by atoms with van der Waals surface area (Å²) < 4.78 is 3.59. The molecule has 1 atom stereocenters. The summed E-state index contributed by atoms with van der Waals surface area (Å²) in [5, 5.41) is 17.4. The van der Waals surface area contributed by atoms with Gasteiger partial charge < -0.3 is 14.6 Å². The van der Waals surface area contributed by atoms with Crippen molar-refractivity contribution < 1.29 is 14.7 Å². The van der Waals surface area contributed by atoms with Crippen LogP contribution in [0.5, 0.6) is 0 Å². The Balaban J connectivity index is 1.74. The van der Waals surface area contributed by atoms with E-state index in [0.29, 0.717) is 30.8 Å². The second-order valence-electron chi connectivity index (χ2n) is 7.33. The maximum Gasteiger partial charge on any atom is 0.295 e. The number of aromatic nitrogens is 4. The largest absolute Gasteiger partial charge is 0.507 e. The Morgan fingerprint density at radius 1 is 1.27 bits per heavy atom. The van der Waals surface area contributed by atoms with Gasteiger partial charge in [-0.1, -0.05) is 6.07 Å². The highest BCUT2D eigenvalue weighted by Crippen LogP contribution is 2.41. The van der Waals surface area contributed by atoms with Crippen LogP contribution in [0.1, 0.15) is 34.3 Å². The monoisotopic (exact) mass is 425 g/mol. The number of aliphatic hydroxyl groups is 1. The molecule has 8 nitrogen and oxygen atoms in total. The minimum Gasteiger partial charge on any atom is -0.507 e. The lowest BCUT2D eigenvalue weighted by Gasteiger charge is -2.24. The third kappa shape index (κ3) is 3.35. The fourth-order valence-electron chi connectivity index (χ4n) is 3.95. The van der Waals surface area contributed by atoms with Crippen molar-refractivity contribution in [3.8, 4) is 0 Å². The predicted octanol–water partition coefficient (Wildman–Crippen LogP) is 2.81. The lowest BCUT2D eigenvalue weighted by molar-refractivity contribution is -0.139. The molecule has 0 spiro atoms. The smallest absolute Gasteiger partial charge is 0.295 e. The Kier molecular flexibility index (Phi) is 5.29. The lowest BCUT2D eigenvalue weighted by Crippen LogP contribution is -2.31. The van der Waals surface area contributed by atoms with Gasteiger partial charge in [-0.3, -0.25) is 14.3 Å². The summed E-state index contributed by atoms with van der Waals surface area (Å²) in [7, 11) is 1.78. The molecule has 0 unspecified atom stereocenters. The molecule has 1 N–H and O–H groups in total. The topological polar surface area (TPSA) is 93.2 Å². The van der Waals surface area contributed by atoms with Crippen LogP contribution in [0.4, 0.5) is 0 Å². The van der Waals surface area contributed by atoms with Crippen molar-refractivity contribution in [2.45, 2.75) is 32.9 Å². The van der Waals surface area contributed by atoms with E-state index in [0.717, 1.165) is 10.6 Å². The average Bonchev–Trinajstić information content (AvgIpc) is 3.48. The molecule has 1 aliphatic heterocycles. The average molecular weight is 426 g/mol. The molecular formula is C21H23N5O3S. The van der Waals surface area contributed by atoms with Crippen LogP contribution < -0.4 is 0 Å². The quantitative estimate of drug-likeness (QED) is 0.372. The second kappa shape index (κ2) is 7.91. The molecule has 1 aliphatic rings. The summed E-state index contributed by atoms with van der Waals surface area (Å²) in [5.74, 6) is -1.40. The van der Waals surface area contributed by atoms with Crippen LogP contribution in [0.3, 0.4) is 0 Å². The van der Waals surface area contributed by atoms with E-state index in [1.54, 1.807) is 36.1 Å². The molecule has 0 saturated carbocycles. The summed E-state index contributed by atoms with van der Waals surface area (Å²) in [6.45, 7) is 4.69. The standard InChI is InChI=1S/C21H23N5O3S/c1-13-16(14(2)24(3)23-13)19(27)17-18(15-6-4-11-30-15)26(21(29)20(17)28)9-5-8-25-10-7-22-12-25/h4,6-7,10-12,18,27H,5,8-9H2,1-3H3/b19-17+/t18-/m0/s1. The summed E-state index contributed by atoms with van der Waals surface area (Å²) in [4.78, 5) is 32.4. The molecule has 4 rings (SSSR count). The minimum atomic E-state index is -0.656. The molecule has 30 heavy (non-hydrogen) atoms. The maximum atomic E-state index is 13.0. The number of carbonyl (C=O) groups is 2. The molecular weight excluding hydrogens is 402 g/mol. The van der Waals surface area contributed by atoms with Gasteiger partial charge in [0.2, 0.25) is 0 Å². The summed E-state index contributed by atoms with van der Waals surface area (Å²) in [6.07, 6.45) is 5.95. The first-order chi connectivity index (χ1) is 14.4. The number of hydrogen-bond donors (Lipinski definition) is 1. The van der Waals surface area contributed by atoms with E-state index >= 15 is 0 Å².